The van der Waals surface area contributed by atoms with Crippen molar-refractivity contribution in [3.63, 3.8) is 0 Å². The highest BCUT2D eigenvalue weighted by Gasteiger charge is 1.97. The fraction of sp³-hybridized carbons (Fsp3) is 0.300. The molecule has 0 N–H and O–H groups in total. The first kappa shape index (κ1) is 8.94. The molecule has 1 heterocycles. The molecule has 0 atom stereocenters. The Hall–Kier alpha value is -1.15. The van der Waals surface area contributed by atoms with Gasteiger partial charge in [-0.15, -0.1) is 0 Å². The summed E-state index contributed by atoms with van der Waals surface area (Å²) in [6.07, 6.45) is 1.76. The summed E-state index contributed by atoms with van der Waals surface area (Å²) < 4.78 is 5.21. The molecule has 12 heavy (non-hydrogen) atoms. The van der Waals surface area contributed by atoms with Crippen molar-refractivity contribution in [2.75, 3.05) is 13.2 Å². The Morgan fingerprint density at radius 2 is 2.42 bits per heavy atom. The number of hydrogen-bond donors (Lipinski definition) is 0. The zero-order valence-corrected chi connectivity index (χ0v) is 7.29. The van der Waals surface area contributed by atoms with Crippen LogP contribution in [0.15, 0.2) is 31.0 Å². The van der Waals surface area contributed by atoms with Crippen LogP contribution >= 0.6 is 0 Å². The largest absolute Gasteiger partial charge is 0.377 e. The quantitative estimate of drug-likeness (QED) is 0.678. The average Bonchev–Trinajstić information content (AvgIpc) is 2.15. The molecule has 0 bridgehead atoms. The summed E-state index contributed by atoms with van der Waals surface area (Å²) in [5.74, 6) is 0. The third kappa shape index (κ3) is 2.47. The van der Waals surface area contributed by atoms with Crippen LogP contribution in [0.3, 0.4) is 0 Å². The second-order valence-corrected chi connectivity index (χ2v) is 2.46. The molecule has 0 fully saturated rings. The molecule has 0 unspecified atom stereocenters. The minimum absolute atomic E-state index is 0.563. The fourth-order valence-electron chi connectivity index (χ4n) is 0.871. The number of aromatic nitrogens is 1. The molecule has 0 aromatic carbocycles. The molecule has 0 spiro atoms. The maximum atomic E-state index is 5.21. The predicted octanol–water partition coefficient (Wildman–Crippen LogP) is 2.13. The molecule has 2 nitrogen and oxygen atoms in total. The first-order valence-electron chi connectivity index (χ1n) is 4.01. The van der Waals surface area contributed by atoms with Crippen molar-refractivity contribution in [3.8, 4) is 0 Å². The topological polar surface area (TPSA) is 22.1 Å². The van der Waals surface area contributed by atoms with Crippen molar-refractivity contribution in [3.05, 3.63) is 36.7 Å². The van der Waals surface area contributed by atoms with E-state index < -0.39 is 0 Å². The second kappa shape index (κ2) is 4.67. The number of hydrogen-bond acceptors (Lipinski definition) is 2. The molecule has 1 aromatic rings. The fourth-order valence-corrected chi connectivity index (χ4v) is 0.871. The third-order valence-corrected chi connectivity index (χ3v) is 1.51. The van der Waals surface area contributed by atoms with E-state index in [4.69, 9.17) is 4.74 Å². The van der Waals surface area contributed by atoms with Gasteiger partial charge in [-0.3, -0.25) is 4.98 Å². The number of pyridine rings is 1. The highest BCUT2D eigenvalue weighted by molar-refractivity contribution is 5.60. The Balaban J connectivity index is 2.54. The van der Waals surface area contributed by atoms with Gasteiger partial charge in [0.25, 0.3) is 0 Å². The lowest BCUT2D eigenvalue weighted by Crippen LogP contribution is -1.97. The SMILES string of the molecule is C=C(COCC)c1ccccn1. The van der Waals surface area contributed by atoms with E-state index in [1.807, 2.05) is 25.1 Å². The number of ether oxygens (including phenoxy) is 1. The van der Waals surface area contributed by atoms with Crippen molar-refractivity contribution in [1.82, 2.24) is 4.98 Å². The summed E-state index contributed by atoms with van der Waals surface area (Å²) in [5, 5.41) is 0. The molecule has 1 aromatic heterocycles. The highest BCUT2D eigenvalue weighted by Crippen LogP contribution is 2.07. The van der Waals surface area contributed by atoms with Crippen molar-refractivity contribution in [1.29, 1.82) is 0 Å². The Kier molecular flexibility index (Phi) is 3.48. The Morgan fingerprint density at radius 1 is 1.58 bits per heavy atom. The number of nitrogens with zero attached hydrogens (tertiary/aromatic N) is 1. The smallest absolute Gasteiger partial charge is 0.0731 e. The van der Waals surface area contributed by atoms with Crippen LogP contribution in [0.4, 0.5) is 0 Å². The zero-order valence-electron chi connectivity index (χ0n) is 7.29. The lowest BCUT2D eigenvalue weighted by atomic mass is 10.2. The number of rotatable bonds is 4. The molecule has 1 rings (SSSR count). The summed E-state index contributed by atoms with van der Waals surface area (Å²) in [6.45, 7) is 7.12. The molecule has 0 radical (unpaired) electrons. The van der Waals surface area contributed by atoms with E-state index >= 15 is 0 Å². The summed E-state index contributed by atoms with van der Waals surface area (Å²) in [5.41, 5.74) is 1.84. The van der Waals surface area contributed by atoms with Crippen molar-refractivity contribution in [2.24, 2.45) is 0 Å². The van der Waals surface area contributed by atoms with Crippen molar-refractivity contribution < 1.29 is 4.74 Å². The van der Waals surface area contributed by atoms with Gasteiger partial charge in [0.15, 0.2) is 0 Å². The van der Waals surface area contributed by atoms with Crippen LogP contribution in [-0.2, 0) is 4.74 Å². The third-order valence-electron chi connectivity index (χ3n) is 1.51. The molecule has 0 saturated carbocycles. The lowest BCUT2D eigenvalue weighted by Gasteiger charge is -2.03. The van der Waals surface area contributed by atoms with Gasteiger partial charge in [0.2, 0.25) is 0 Å². The van der Waals surface area contributed by atoms with Gasteiger partial charge in [0.1, 0.15) is 0 Å². The molecule has 0 aliphatic rings. The van der Waals surface area contributed by atoms with Gasteiger partial charge < -0.3 is 4.74 Å². The molecule has 0 amide bonds. The van der Waals surface area contributed by atoms with Gasteiger partial charge in [-0.25, -0.2) is 0 Å². The van der Waals surface area contributed by atoms with E-state index in [-0.39, 0.29) is 0 Å². The molecular formula is C10H13NO. The molecule has 2 heteroatoms. The second-order valence-electron chi connectivity index (χ2n) is 2.46. The molecule has 64 valence electrons. The maximum Gasteiger partial charge on any atom is 0.0731 e. The predicted molar refractivity (Wildman–Crippen MR) is 49.8 cm³/mol. The van der Waals surface area contributed by atoms with E-state index in [0.29, 0.717) is 13.2 Å². The Morgan fingerprint density at radius 3 is 3.00 bits per heavy atom. The lowest BCUT2D eigenvalue weighted by molar-refractivity contribution is 0.182. The Bertz CT molecular complexity index is 243. The normalized spacial score (nSPS) is 9.75. The van der Waals surface area contributed by atoms with Gasteiger partial charge in [-0.2, -0.15) is 0 Å². The average molecular weight is 163 g/mol. The Labute approximate surface area is 72.9 Å². The summed E-state index contributed by atoms with van der Waals surface area (Å²) in [6, 6.07) is 5.76. The van der Waals surface area contributed by atoms with Crippen LogP contribution < -0.4 is 0 Å². The van der Waals surface area contributed by atoms with E-state index in [0.717, 1.165) is 11.3 Å². The molecule has 0 aliphatic heterocycles. The molecular weight excluding hydrogens is 150 g/mol. The van der Waals surface area contributed by atoms with E-state index in [2.05, 4.69) is 11.6 Å². The van der Waals surface area contributed by atoms with Gasteiger partial charge in [-0.05, 0) is 24.6 Å². The van der Waals surface area contributed by atoms with Crippen LogP contribution in [0.25, 0.3) is 5.57 Å². The van der Waals surface area contributed by atoms with Crippen LogP contribution in [0.2, 0.25) is 0 Å². The first-order chi connectivity index (χ1) is 5.84. The van der Waals surface area contributed by atoms with E-state index in [9.17, 15) is 0 Å². The monoisotopic (exact) mass is 163 g/mol. The highest BCUT2D eigenvalue weighted by atomic mass is 16.5. The van der Waals surface area contributed by atoms with E-state index in [1.165, 1.54) is 0 Å². The standard InChI is InChI=1S/C10H13NO/c1-3-12-8-9(2)10-6-4-5-7-11-10/h4-7H,2-3,8H2,1H3. The minimum Gasteiger partial charge on any atom is -0.377 e. The maximum absolute atomic E-state index is 5.21. The van der Waals surface area contributed by atoms with Crippen LogP contribution in [0.5, 0.6) is 0 Å². The van der Waals surface area contributed by atoms with Crippen LogP contribution in [0, 0.1) is 0 Å². The van der Waals surface area contributed by atoms with Crippen LogP contribution in [-0.4, -0.2) is 18.2 Å². The zero-order chi connectivity index (χ0) is 8.81. The summed E-state index contributed by atoms with van der Waals surface area (Å²) >= 11 is 0. The van der Waals surface area contributed by atoms with Gasteiger partial charge in [0, 0.05) is 12.8 Å². The summed E-state index contributed by atoms with van der Waals surface area (Å²) in [4.78, 5) is 4.15. The van der Waals surface area contributed by atoms with Gasteiger partial charge in [-0.1, -0.05) is 12.6 Å². The minimum atomic E-state index is 0.563. The van der Waals surface area contributed by atoms with E-state index in [1.54, 1.807) is 6.20 Å². The van der Waals surface area contributed by atoms with Gasteiger partial charge >= 0.3 is 0 Å². The molecule has 0 aliphatic carbocycles. The van der Waals surface area contributed by atoms with Crippen molar-refractivity contribution >= 4 is 5.57 Å². The van der Waals surface area contributed by atoms with Crippen molar-refractivity contribution in [2.45, 2.75) is 6.92 Å². The molecule has 0 saturated heterocycles. The van der Waals surface area contributed by atoms with Gasteiger partial charge in [0.05, 0.1) is 12.3 Å². The van der Waals surface area contributed by atoms with Crippen LogP contribution in [0.1, 0.15) is 12.6 Å². The first-order valence-corrected chi connectivity index (χ1v) is 4.01. The summed E-state index contributed by atoms with van der Waals surface area (Å²) in [7, 11) is 0.